The third-order valence-corrected chi connectivity index (χ3v) is 3.94. The van der Waals surface area contributed by atoms with Crippen LogP contribution in [0.4, 0.5) is 0 Å². The Bertz CT molecular complexity index is 723. The zero-order chi connectivity index (χ0) is 14.7. The Morgan fingerprint density at radius 1 is 1.24 bits per heavy atom. The fourth-order valence-corrected chi connectivity index (χ4v) is 2.56. The van der Waals surface area contributed by atoms with Gasteiger partial charge in [0.1, 0.15) is 5.82 Å². The first-order chi connectivity index (χ1) is 10.3. The molecule has 0 saturated carbocycles. The monoisotopic (exact) mass is 302 g/mol. The van der Waals surface area contributed by atoms with Gasteiger partial charge < -0.3 is 14.8 Å². The summed E-state index contributed by atoms with van der Waals surface area (Å²) in [6.45, 7) is 0.364. The van der Waals surface area contributed by atoms with Crippen LogP contribution < -0.4 is 5.73 Å². The highest BCUT2D eigenvalue weighted by Crippen LogP contribution is 2.22. The first kappa shape index (κ1) is 13.8. The first-order valence-corrected chi connectivity index (χ1v) is 7.35. The molecule has 0 aliphatic rings. The van der Waals surface area contributed by atoms with Crippen LogP contribution in [0.3, 0.4) is 0 Å². The standard InChI is InChI=1S/C13H14N6OS/c1-19-10(7-14)16-17-13(19)21-8-11-15-12(18-20-11)9-5-3-2-4-6-9/h2-6H,7-8,14H2,1H3. The zero-order valence-electron chi connectivity index (χ0n) is 11.4. The Kier molecular flexibility index (Phi) is 3.98. The number of aromatic nitrogens is 5. The molecule has 3 aromatic rings. The molecule has 1 aromatic carbocycles. The van der Waals surface area contributed by atoms with Gasteiger partial charge in [0.2, 0.25) is 11.7 Å². The highest BCUT2D eigenvalue weighted by atomic mass is 32.2. The van der Waals surface area contributed by atoms with Crippen LogP contribution in [0.15, 0.2) is 40.0 Å². The van der Waals surface area contributed by atoms with E-state index in [1.165, 1.54) is 11.8 Å². The van der Waals surface area contributed by atoms with Crippen LogP contribution in [-0.2, 0) is 19.3 Å². The Morgan fingerprint density at radius 2 is 2.05 bits per heavy atom. The third-order valence-electron chi connectivity index (χ3n) is 2.93. The summed E-state index contributed by atoms with van der Waals surface area (Å²) in [6, 6.07) is 9.71. The first-order valence-electron chi connectivity index (χ1n) is 6.37. The van der Waals surface area contributed by atoms with Crippen molar-refractivity contribution in [3.05, 3.63) is 42.0 Å². The van der Waals surface area contributed by atoms with Crippen LogP contribution in [0, 0.1) is 0 Å². The van der Waals surface area contributed by atoms with E-state index in [4.69, 9.17) is 10.3 Å². The van der Waals surface area contributed by atoms with Crippen LogP contribution in [0.2, 0.25) is 0 Å². The Hall–Kier alpha value is -2.19. The molecule has 0 amide bonds. The quantitative estimate of drug-likeness (QED) is 0.715. The number of hydrogen-bond donors (Lipinski definition) is 1. The lowest BCUT2D eigenvalue weighted by Gasteiger charge is -1.99. The van der Waals surface area contributed by atoms with E-state index in [2.05, 4.69) is 20.3 Å². The highest BCUT2D eigenvalue weighted by Gasteiger charge is 2.12. The lowest BCUT2D eigenvalue weighted by molar-refractivity contribution is 0.391. The molecule has 2 heterocycles. The molecule has 108 valence electrons. The molecule has 0 unspecified atom stereocenters. The van der Waals surface area contributed by atoms with E-state index < -0.39 is 0 Å². The van der Waals surface area contributed by atoms with Crippen LogP contribution >= 0.6 is 11.8 Å². The smallest absolute Gasteiger partial charge is 0.237 e. The molecule has 0 bridgehead atoms. The summed E-state index contributed by atoms with van der Waals surface area (Å²) in [5.74, 6) is 2.42. The molecule has 0 aliphatic heterocycles. The maximum Gasteiger partial charge on any atom is 0.237 e. The lowest BCUT2D eigenvalue weighted by atomic mass is 10.2. The summed E-state index contributed by atoms with van der Waals surface area (Å²) in [4.78, 5) is 4.37. The molecule has 0 fully saturated rings. The molecule has 0 radical (unpaired) electrons. The second kappa shape index (κ2) is 6.06. The van der Waals surface area contributed by atoms with Crippen molar-refractivity contribution in [2.75, 3.05) is 0 Å². The average molecular weight is 302 g/mol. The summed E-state index contributed by atoms with van der Waals surface area (Å²) >= 11 is 1.48. The number of rotatable bonds is 5. The molecular formula is C13H14N6OS. The maximum absolute atomic E-state index is 5.57. The third kappa shape index (κ3) is 2.96. The fraction of sp³-hybridized carbons (Fsp3) is 0.231. The summed E-state index contributed by atoms with van der Waals surface area (Å²) in [5, 5.41) is 12.8. The van der Waals surface area contributed by atoms with E-state index in [0.717, 1.165) is 16.5 Å². The van der Waals surface area contributed by atoms with Crippen molar-refractivity contribution in [3.8, 4) is 11.4 Å². The van der Waals surface area contributed by atoms with E-state index in [1.54, 1.807) is 0 Å². The fourth-order valence-electron chi connectivity index (χ4n) is 1.79. The minimum Gasteiger partial charge on any atom is -0.338 e. The number of nitrogens with two attached hydrogens (primary N) is 1. The van der Waals surface area contributed by atoms with Gasteiger partial charge in [0.05, 0.1) is 12.3 Å². The van der Waals surface area contributed by atoms with Crippen molar-refractivity contribution >= 4 is 11.8 Å². The van der Waals surface area contributed by atoms with Crippen molar-refractivity contribution in [3.63, 3.8) is 0 Å². The van der Waals surface area contributed by atoms with E-state index in [9.17, 15) is 0 Å². The highest BCUT2D eigenvalue weighted by molar-refractivity contribution is 7.98. The SMILES string of the molecule is Cn1c(CN)nnc1SCc1nc(-c2ccccc2)no1. The predicted octanol–water partition coefficient (Wildman–Crippen LogP) is 1.62. The van der Waals surface area contributed by atoms with Crippen LogP contribution in [-0.4, -0.2) is 24.9 Å². The zero-order valence-corrected chi connectivity index (χ0v) is 12.2. The van der Waals surface area contributed by atoms with Gasteiger partial charge in [-0.25, -0.2) is 0 Å². The second-order valence-electron chi connectivity index (χ2n) is 4.33. The molecule has 0 atom stereocenters. The van der Waals surface area contributed by atoms with Crippen molar-refractivity contribution in [1.82, 2.24) is 24.9 Å². The van der Waals surface area contributed by atoms with E-state index in [-0.39, 0.29) is 0 Å². The van der Waals surface area contributed by atoms with Gasteiger partial charge in [0.15, 0.2) is 5.16 Å². The van der Waals surface area contributed by atoms with Gasteiger partial charge in [0.25, 0.3) is 0 Å². The largest absolute Gasteiger partial charge is 0.338 e. The van der Waals surface area contributed by atoms with Gasteiger partial charge in [-0.15, -0.1) is 10.2 Å². The Labute approximate surface area is 125 Å². The topological polar surface area (TPSA) is 95.7 Å². The normalized spacial score (nSPS) is 11.0. The molecule has 0 spiro atoms. The number of benzene rings is 1. The molecule has 0 saturated heterocycles. The number of thioether (sulfide) groups is 1. The minimum atomic E-state index is 0.364. The van der Waals surface area contributed by atoms with Crippen LogP contribution in [0.5, 0.6) is 0 Å². The van der Waals surface area contributed by atoms with Crippen LogP contribution in [0.25, 0.3) is 11.4 Å². The number of hydrogen-bond acceptors (Lipinski definition) is 7. The second-order valence-corrected chi connectivity index (χ2v) is 5.27. The lowest BCUT2D eigenvalue weighted by Crippen LogP contribution is -2.05. The number of nitrogens with zero attached hydrogens (tertiary/aromatic N) is 5. The van der Waals surface area contributed by atoms with Crippen molar-refractivity contribution in [2.45, 2.75) is 17.5 Å². The van der Waals surface area contributed by atoms with Gasteiger partial charge in [-0.1, -0.05) is 47.3 Å². The van der Waals surface area contributed by atoms with Crippen molar-refractivity contribution < 1.29 is 4.52 Å². The molecule has 2 N–H and O–H groups in total. The van der Waals surface area contributed by atoms with Gasteiger partial charge in [-0.3, -0.25) is 0 Å². The van der Waals surface area contributed by atoms with E-state index >= 15 is 0 Å². The van der Waals surface area contributed by atoms with E-state index in [0.29, 0.717) is 24.0 Å². The van der Waals surface area contributed by atoms with Gasteiger partial charge in [0, 0.05) is 12.6 Å². The molecular weight excluding hydrogens is 288 g/mol. The summed E-state index contributed by atoms with van der Waals surface area (Å²) in [6.07, 6.45) is 0. The van der Waals surface area contributed by atoms with E-state index in [1.807, 2.05) is 41.9 Å². The predicted molar refractivity (Wildman–Crippen MR) is 78.2 cm³/mol. The molecule has 8 heteroatoms. The molecule has 7 nitrogen and oxygen atoms in total. The maximum atomic E-state index is 5.57. The summed E-state index contributed by atoms with van der Waals surface area (Å²) in [7, 11) is 1.88. The van der Waals surface area contributed by atoms with Gasteiger partial charge in [-0.2, -0.15) is 4.98 Å². The van der Waals surface area contributed by atoms with Crippen molar-refractivity contribution in [2.24, 2.45) is 12.8 Å². The molecule has 21 heavy (non-hydrogen) atoms. The molecule has 3 rings (SSSR count). The summed E-state index contributed by atoms with van der Waals surface area (Å²) in [5.41, 5.74) is 6.50. The van der Waals surface area contributed by atoms with Gasteiger partial charge in [-0.05, 0) is 0 Å². The van der Waals surface area contributed by atoms with Crippen LogP contribution in [0.1, 0.15) is 11.7 Å². The summed E-state index contributed by atoms with van der Waals surface area (Å²) < 4.78 is 7.11. The van der Waals surface area contributed by atoms with Crippen molar-refractivity contribution in [1.29, 1.82) is 0 Å². The Balaban J connectivity index is 1.69. The molecule has 2 aromatic heterocycles. The molecule has 0 aliphatic carbocycles. The minimum absolute atomic E-state index is 0.364. The average Bonchev–Trinajstić information content (AvgIpc) is 3.13. The Morgan fingerprint density at radius 3 is 2.76 bits per heavy atom. The van der Waals surface area contributed by atoms with Gasteiger partial charge >= 0.3 is 0 Å².